The van der Waals surface area contributed by atoms with Gasteiger partial charge in [-0.25, -0.2) is 0 Å². The topological polar surface area (TPSA) is 39.7 Å². The van der Waals surface area contributed by atoms with Crippen molar-refractivity contribution >= 4 is 29.9 Å². The molecule has 1 heterocycles. The molecule has 1 aliphatic heterocycles. The van der Waals surface area contributed by atoms with Gasteiger partial charge in [-0.3, -0.25) is 9.89 Å². The molecule has 0 bridgehead atoms. The number of guanidine groups is 1. The molecule has 0 spiro atoms. The Morgan fingerprint density at radius 1 is 1.08 bits per heavy atom. The van der Waals surface area contributed by atoms with Gasteiger partial charge < -0.3 is 10.6 Å². The van der Waals surface area contributed by atoms with Crippen LogP contribution in [0.25, 0.3) is 0 Å². The lowest BCUT2D eigenvalue weighted by Gasteiger charge is -2.27. The van der Waals surface area contributed by atoms with Crippen molar-refractivity contribution < 1.29 is 0 Å². The fourth-order valence-corrected chi connectivity index (χ4v) is 2.96. The third kappa shape index (κ3) is 7.38. The molecule has 1 aliphatic rings. The fourth-order valence-electron chi connectivity index (χ4n) is 2.96. The van der Waals surface area contributed by atoms with Crippen LogP contribution in [0.15, 0.2) is 29.3 Å². The van der Waals surface area contributed by atoms with Crippen LogP contribution in [0.4, 0.5) is 0 Å². The number of likely N-dealkylation sites (tertiary alicyclic amines) is 1. The molecule has 2 rings (SSSR count). The molecule has 1 aromatic carbocycles. The first-order valence-electron chi connectivity index (χ1n) is 8.76. The zero-order valence-corrected chi connectivity index (χ0v) is 17.9. The molecule has 0 atom stereocenters. The molecule has 4 nitrogen and oxygen atoms in total. The number of nitrogens with one attached hydrogen (secondary N) is 2. The minimum atomic E-state index is 0. The average molecular weight is 444 g/mol. The van der Waals surface area contributed by atoms with Crippen molar-refractivity contribution in [3.8, 4) is 0 Å². The lowest BCUT2D eigenvalue weighted by Crippen LogP contribution is -2.47. The lowest BCUT2D eigenvalue weighted by atomic mass is 10.0. The Hall–Kier alpha value is -0.820. The summed E-state index contributed by atoms with van der Waals surface area (Å²) in [6.07, 6.45) is 4.06. The van der Waals surface area contributed by atoms with Crippen LogP contribution in [0.3, 0.4) is 0 Å². The molecule has 0 radical (unpaired) electrons. The Kier molecular flexibility index (Phi) is 9.05. The third-order valence-electron chi connectivity index (χ3n) is 4.12. The van der Waals surface area contributed by atoms with Crippen molar-refractivity contribution in [2.75, 3.05) is 20.1 Å². The van der Waals surface area contributed by atoms with Gasteiger partial charge in [-0.05, 0) is 57.8 Å². The van der Waals surface area contributed by atoms with E-state index in [2.05, 4.69) is 65.6 Å². The van der Waals surface area contributed by atoms with Crippen molar-refractivity contribution in [2.24, 2.45) is 4.99 Å². The molecule has 2 N–H and O–H groups in total. The average Bonchev–Trinajstić information content (AvgIpc) is 2.52. The van der Waals surface area contributed by atoms with Gasteiger partial charge in [0.05, 0.1) is 0 Å². The van der Waals surface area contributed by atoms with Crippen molar-refractivity contribution in [3.05, 3.63) is 35.4 Å². The molecule has 0 unspecified atom stereocenters. The van der Waals surface area contributed by atoms with Gasteiger partial charge in [0.1, 0.15) is 0 Å². The first-order valence-corrected chi connectivity index (χ1v) is 8.76. The summed E-state index contributed by atoms with van der Waals surface area (Å²) in [5.74, 6) is 0.852. The van der Waals surface area contributed by atoms with Crippen LogP contribution >= 0.6 is 24.0 Å². The van der Waals surface area contributed by atoms with E-state index in [0.29, 0.717) is 0 Å². The summed E-state index contributed by atoms with van der Waals surface area (Å²) >= 11 is 0. The number of aliphatic imine (C=N–C) groups is 1. The van der Waals surface area contributed by atoms with E-state index in [1.165, 1.54) is 43.5 Å². The summed E-state index contributed by atoms with van der Waals surface area (Å²) in [4.78, 5) is 6.89. The molecule has 24 heavy (non-hydrogen) atoms. The van der Waals surface area contributed by atoms with Crippen LogP contribution in [0.2, 0.25) is 0 Å². The van der Waals surface area contributed by atoms with Crippen molar-refractivity contribution in [1.82, 2.24) is 15.5 Å². The van der Waals surface area contributed by atoms with Gasteiger partial charge in [0.25, 0.3) is 0 Å². The summed E-state index contributed by atoms with van der Waals surface area (Å²) in [7, 11) is 1.82. The minimum Gasteiger partial charge on any atom is -0.352 e. The first kappa shape index (κ1) is 21.2. The summed E-state index contributed by atoms with van der Waals surface area (Å²) in [5, 5.41) is 6.85. The van der Waals surface area contributed by atoms with Gasteiger partial charge in [-0.15, -0.1) is 24.0 Å². The Morgan fingerprint density at radius 3 is 2.29 bits per heavy atom. The van der Waals surface area contributed by atoms with E-state index in [9.17, 15) is 0 Å². The smallest absolute Gasteiger partial charge is 0.191 e. The zero-order chi connectivity index (χ0) is 16.7. The first-order chi connectivity index (χ1) is 11.0. The van der Waals surface area contributed by atoms with E-state index in [1.807, 2.05) is 7.05 Å². The van der Waals surface area contributed by atoms with Crippen molar-refractivity contribution in [1.29, 1.82) is 0 Å². The summed E-state index contributed by atoms with van der Waals surface area (Å²) in [6, 6.07) is 8.74. The molecule has 5 heteroatoms. The Morgan fingerprint density at radius 2 is 1.71 bits per heavy atom. The predicted molar refractivity (Wildman–Crippen MR) is 114 cm³/mol. The number of piperidine rings is 1. The fraction of sp³-hybridized carbons (Fsp3) is 0.632. The maximum atomic E-state index is 4.32. The number of rotatable bonds is 4. The molecule has 136 valence electrons. The predicted octanol–water partition coefficient (Wildman–Crippen LogP) is 3.75. The van der Waals surface area contributed by atoms with Crippen LogP contribution in [0.5, 0.6) is 0 Å². The maximum Gasteiger partial charge on any atom is 0.191 e. The third-order valence-corrected chi connectivity index (χ3v) is 4.12. The molecule has 1 saturated heterocycles. The van der Waals surface area contributed by atoms with Crippen LogP contribution in [-0.4, -0.2) is 36.5 Å². The Labute approximate surface area is 164 Å². The van der Waals surface area contributed by atoms with Crippen molar-refractivity contribution in [3.63, 3.8) is 0 Å². The SMILES string of the molecule is CN=C(NCc1ccccc1CN1CCCCC1)NC(C)(C)C.I. The second-order valence-corrected chi connectivity index (χ2v) is 7.41. The summed E-state index contributed by atoms with van der Waals surface area (Å²) in [5.41, 5.74) is 2.79. The highest BCUT2D eigenvalue weighted by atomic mass is 127. The zero-order valence-electron chi connectivity index (χ0n) is 15.6. The van der Waals surface area contributed by atoms with Crippen LogP contribution in [0.1, 0.15) is 51.2 Å². The molecule has 0 aliphatic carbocycles. The quantitative estimate of drug-likeness (QED) is 0.422. The lowest BCUT2D eigenvalue weighted by molar-refractivity contribution is 0.220. The Balaban J connectivity index is 0.00000288. The van der Waals surface area contributed by atoms with Crippen LogP contribution < -0.4 is 10.6 Å². The largest absolute Gasteiger partial charge is 0.352 e. The maximum absolute atomic E-state index is 4.32. The molecule has 0 amide bonds. The van der Waals surface area contributed by atoms with Gasteiger partial charge in [-0.2, -0.15) is 0 Å². The van der Waals surface area contributed by atoms with Gasteiger partial charge in [0, 0.05) is 25.7 Å². The van der Waals surface area contributed by atoms with Gasteiger partial charge in [-0.1, -0.05) is 30.7 Å². The van der Waals surface area contributed by atoms with Crippen molar-refractivity contribution in [2.45, 2.75) is 58.7 Å². The molecule has 0 aromatic heterocycles. The standard InChI is InChI=1S/C19H32N4.HI/c1-19(2,3)22-18(20-4)21-14-16-10-6-7-11-17(16)15-23-12-8-5-9-13-23;/h6-7,10-11H,5,8-9,12-15H2,1-4H3,(H2,20,21,22);1H. The van der Waals surface area contributed by atoms with Crippen LogP contribution in [0, 0.1) is 0 Å². The normalized spacial score (nSPS) is 16.4. The number of hydrogen-bond acceptors (Lipinski definition) is 2. The number of benzene rings is 1. The second kappa shape index (κ2) is 10.2. The van der Waals surface area contributed by atoms with E-state index in [1.54, 1.807) is 0 Å². The second-order valence-electron chi connectivity index (χ2n) is 7.41. The summed E-state index contributed by atoms with van der Waals surface area (Å²) < 4.78 is 0. The molecule has 1 fully saturated rings. The monoisotopic (exact) mass is 444 g/mol. The van der Waals surface area contributed by atoms with E-state index < -0.39 is 0 Å². The Bertz CT molecular complexity index is 516. The number of halogens is 1. The van der Waals surface area contributed by atoms with E-state index >= 15 is 0 Å². The molecule has 1 aromatic rings. The highest BCUT2D eigenvalue weighted by Gasteiger charge is 2.14. The van der Waals surface area contributed by atoms with E-state index in [0.717, 1.165) is 19.0 Å². The summed E-state index contributed by atoms with van der Waals surface area (Å²) in [6.45, 7) is 10.8. The minimum absolute atomic E-state index is 0. The van der Waals surface area contributed by atoms with Gasteiger partial charge >= 0.3 is 0 Å². The molecular formula is C19H33IN4. The molecule has 0 saturated carbocycles. The highest BCUT2D eigenvalue weighted by molar-refractivity contribution is 14.0. The van der Waals surface area contributed by atoms with Gasteiger partial charge in [0.2, 0.25) is 0 Å². The van der Waals surface area contributed by atoms with E-state index in [4.69, 9.17) is 0 Å². The van der Waals surface area contributed by atoms with E-state index in [-0.39, 0.29) is 29.5 Å². The molecular weight excluding hydrogens is 411 g/mol. The van der Waals surface area contributed by atoms with Gasteiger partial charge in [0.15, 0.2) is 5.96 Å². The number of hydrogen-bond donors (Lipinski definition) is 2. The number of nitrogens with zero attached hydrogens (tertiary/aromatic N) is 2. The highest BCUT2D eigenvalue weighted by Crippen LogP contribution is 2.16. The van der Waals surface area contributed by atoms with Crippen LogP contribution in [-0.2, 0) is 13.1 Å².